The molecular formula is C14H18F2N2O5S. The molecule has 134 valence electrons. The van der Waals surface area contributed by atoms with Gasteiger partial charge in [-0.25, -0.2) is 26.7 Å². The van der Waals surface area contributed by atoms with Crippen molar-refractivity contribution in [3.63, 3.8) is 0 Å². The molecule has 0 amide bonds. The molecule has 2 rings (SSSR count). The first-order valence-corrected chi connectivity index (χ1v) is 8.70. The molecule has 0 aromatic heterocycles. The molecule has 24 heavy (non-hydrogen) atoms. The van der Waals surface area contributed by atoms with E-state index < -0.39 is 41.1 Å². The number of halogens is 2. The Morgan fingerprint density at radius 2 is 2.21 bits per heavy atom. The lowest BCUT2D eigenvalue weighted by Gasteiger charge is -2.15. The maximum absolute atomic E-state index is 13.1. The fraction of sp³-hybridized carbons (Fsp3) is 0.500. The van der Waals surface area contributed by atoms with E-state index in [-0.39, 0.29) is 17.9 Å². The molecule has 1 atom stereocenters. The second-order valence-corrected chi connectivity index (χ2v) is 6.98. The lowest BCUT2D eigenvalue weighted by atomic mass is 10.1. The minimum atomic E-state index is -4.13. The number of carbonyl (C=O) groups is 1. The van der Waals surface area contributed by atoms with Gasteiger partial charge in [0.25, 0.3) is 5.92 Å². The van der Waals surface area contributed by atoms with E-state index in [4.69, 9.17) is 15.2 Å². The predicted molar refractivity (Wildman–Crippen MR) is 80.4 cm³/mol. The number of rotatable bonds is 7. The van der Waals surface area contributed by atoms with E-state index >= 15 is 0 Å². The van der Waals surface area contributed by atoms with Crippen molar-refractivity contribution in [1.82, 2.24) is 4.72 Å². The van der Waals surface area contributed by atoms with Gasteiger partial charge in [0.05, 0.1) is 24.6 Å². The quantitative estimate of drug-likeness (QED) is 0.679. The van der Waals surface area contributed by atoms with Crippen LogP contribution in [0.5, 0.6) is 5.75 Å². The summed E-state index contributed by atoms with van der Waals surface area (Å²) in [7, 11) is -4.13. The summed E-state index contributed by atoms with van der Waals surface area (Å²) in [5, 5.41) is 0. The van der Waals surface area contributed by atoms with Gasteiger partial charge in [-0.3, -0.25) is 0 Å². The molecule has 0 fully saturated rings. The minimum Gasteiger partial charge on any atom is -0.478 e. The molecule has 0 radical (unpaired) electrons. The van der Waals surface area contributed by atoms with Crippen LogP contribution in [0, 0.1) is 0 Å². The number of nitrogens with one attached hydrogen (secondary N) is 1. The van der Waals surface area contributed by atoms with Crippen LogP contribution in [0.1, 0.15) is 12.5 Å². The number of sulfonamides is 1. The molecule has 3 N–H and O–H groups in total. The second-order valence-electron chi connectivity index (χ2n) is 5.22. The zero-order valence-corrected chi connectivity index (χ0v) is 13.7. The molecule has 0 aliphatic carbocycles. The Morgan fingerprint density at radius 1 is 1.50 bits per heavy atom. The predicted octanol–water partition coefficient (Wildman–Crippen LogP) is 0.426. The largest absolute Gasteiger partial charge is 0.478 e. The summed E-state index contributed by atoms with van der Waals surface area (Å²) in [5.74, 6) is -3.51. The number of carbonyl (C=O) groups excluding carboxylic acids is 1. The van der Waals surface area contributed by atoms with Crippen molar-refractivity contribution in [2.45, 2.75) is 30.3 Å². The average molecular weight is 364 g/mol. The summed E-state index contributed by atoms with van der Waals surface area (Å²) in [6, 6.07) is 3.89. The highest BCUT2D eigenvalue weighted by Crippen LogP contribution is 2.31. The van der Waals surface area contributed by atoms with E-state index in [1.54, 1.807) is 6.92 Å². The van der Waals surface area contributed by atoms with Crippen LogP contribution in [0.2, 0.25) is 0 Å². The van der Waals surface area contributed by atoms with Gasteiger partial charge in [0, 0.05) is 6.42 Å². The fourth-order valence-electron chi connectivity index (χ4n) is 2.11. The first-order chi connectivity index (χ1) is 11.2. The van der Waals surface area contributed by atoms with Crippen molar-refractivity contribution < 1.29 is 31.5 Å². The van der Waals surface area contributed by atoms with E-state index in [9.17, 15) is 22.0 Å². The monoisotopic (exact) mass is 364 g/mol. The molecule has 1 unspecified atom stereocenters. The Bertz CT molecular complexity index is 724. The Hall–Kier alpha value is -1.78. The standard InChI is InChI=1S/C14H18F2N2O5S/c1-2-22-13(19)12-6-9-5-10(3-4-11(9)23-12)24(20,21)18-8-14(15,16)7-17/h3-5,12,18H,2,6-8,17H2,1H3. The molecule has 1 heterocycles. The third-order valence-electron chi connectivity index (χ3n) is 3.39. The number of fused-ring (bicyclic) bond motifs is 1. The number of esters is 1. The van der Waals surface area contributed by atoms with Crippen molar-refractivity contribution in [1.29, 1.82) is 0 Å². The normalized spacial score (nSPS) is 17.2. The molecule has 0 bridgehead atoms. The van der Waals surface area contributed by atoms with E-state index in [1.807, 2.05) is 4.72 Å². The molecule has 0 saturated carbocycles. The summed E-state index contributed by atoms with van der Waals surface area (Å²) < 4.78 is 62.5. The number of ether oxygens (including phenoxy) is 2. The average Bonchev–Trinajstić information content (AvgIpc) is 2.97. The van der Waals surface area contributed by atoms with Crippen LogP contribution in [-0.2, 0) is 26.0 Å². The molecular weight excluding hydrogens is 346 g/mol. The zero-order chi connectivity index (χ0) is 18.0. The lowest BCUT2D eigenvalue weighted by molar-refractivity contribution is -0.150. The van der Waals surface area contributed by atoms with Crippen LogP contribution < -0.4 is 15.2 Å². The van der Waals surface area contributed by atoms with Crippen LogP contribution in [0.15, 0.2) is 23.1 Å². The van der Waals surface area contributed by atoms with Gasteiger partial charge < -0.3 is 15.2 Å². The molecule has 1 aliphatic heterocycles. The van der Waals surface area contributed by atoms with Gasteiger partial charge in [0.2, 0.25) is 10.0 Å². The first-order valence-electron chi connectivity index (χ1n) is 7.22. The maximum Gasteiger partial charge on any atom is 0.347 e. The number of nitrogens with two attached hydrogens (primary N) is 1. The summed E-state index contributed by atoms with van der Waals surface area (Å²) in [5.41, 5.74) is 5.36. The topological polar surface area (TPSA) is 108 Å². The van der Waals surface area contributed by atoms with Gasteiger partial charge in [-0.1, -0.05) is 0 Å². The van der Waals surface area contributed by atoms with E-state index in [2.05, 4.69) is 0 Å². The van der Waals surface area contributed by atoms with Crippen LogP contribution >= 0.6 is 0 Å². The minimum absolute atomic E-state index is 0.149. The summed E-state index contributed by atoms with van der Waals surface area (Å²) in [6.45, 7) is -0.193. The Kier molecular flexibility index (Phi) is 5.41. The Labute approximate surface area is 138 Å². The maximum atomic E-state index is 13.1. The zero-order valence-electron chi connectivity index (χ0n) is 12.9. The van der Waals surface area contributed by atoms with Gasteiger partial charge in [0.1, 0.15) is 5.75 Å². The Balaban J connectivity index is 2.13. The third-order valence-corrected chi connectivity index (χ3v) is 4.78. The van der Waals surface area contributed by atoms with Gasteiger partial charge in [-0.2, -0.15) is 0 Å². The van der Waals surface area contributed by atoms with Crippen molar-refractivity contribution in [2.24, 2.45) is 5.73 Å². The van der Waals surface area contributed by atoms with Crippen LogP contribution in [0.4, 0.5) is 8.78 Å². The number of hydrogen-bond acceptors (Lipinski definition) is 6. The SMILES string of the molecule is CCOC(=O)C1Cc2cc(S(=O)(=O)NCC(F)(F)CN)ccc2O1. The van der Waals surface area contributed by atoms with Gasteiger partial charge in [0.15, 0.2) is 6.10 Å². The lowest BCUT2D eigenvalue weighted by Crippen LogP contribution is -2.41. The highest BCUT2D eigenvalue weighted by Gasteiger charge is 2.33. The van der Waals surface area contributed by atoms with Crippen LogP contribution in [0.3, 0.4) is 0 Å². The van der Waals surface area contributed by atoms with E-state index in [0.717, 1.165) is 0 Å². The number of alkyl halides is 2. The van der Waals surface area contributed by atoms with E-state index in [1.165, 1.54) is 18.2 Å². The third kappa shape index (κ3) is 4.19. The molecule has 10 heteroatoms. The summed E-state index contributed by atoms with van der Waals surface area (Å²) in [4.78, 5) is 11.5. The molecule has 1 aliphatic rings. The Morgan fingerprint density at radius 3 is 2.83 bits per heavy atom. The molecule has 1 aromatic rings. The van der Waals surface area contributed by atoms with Gasteiger partial charge >= 0.3 is 5.97 Å². The van der Waals surface area contributed by atoms with Crippen molar-refractivity contribution in [3.05, 3.63) is 23.8 Å². The summed E-state index contributed by atoms with van der Waals surface area (Å²) in [6.07, 6.45) is -0.691. The van der Waals surface area contributed by atoms with E-state index in [0.29, 0.717) is 11.3 Å². The van der Waals surface area contributed by atoms with Crippen LogP contribution in [0.25, 0.3) is 0 Å². The number of benzene rings is 1. The number of hydrogen-bond donors (Lipinski definition) is 2. The fourth-order valence-corrected chi connectivity index (χ4v) is 3.23. The van der Waals surface area contributed by atoms with Crippen molar-refractivity contribution >= 4 is 16.0 Å². The first kappa shape index (κ1) is 18.6. The molecule has 7 nitrogen and oxygen atoms in total. The smallest absolute Gasteiger partial charge is 0.347 e. The van der Waals surface area contributed by atoms with Crippen molar-refractivity contribution in [2.75, 3.05) is 19.7 Å². The van der Waals surface area contributed by atoms with Gasteiger partial charge in [-0.05, 0) is 30.7 Å². The highest BCUT2D eigenvalue weighted by molar-refractivity contribution is 7.89. The summed E-state index contributed by atoms with van der Waals surface area (Å²) >= 11 is 0. The highest BCUT2D eigenvalue weighted by atomic mass is 32.2. The van der Waals surface area contributed by atoms with Crippen LogP contribution in [-0.4, -0.2) is 46.1 Å². The molecule has 0 spiro atoms. The molecule has 1 aromatic carbocycles. The van der Waals surface area contributed by atoms with Gasteiger partial charge in [-0.15, -0.1) is 0 Å². The van der Waals surface area contributed by atoms with Crippen molar-refractivity contribution in [3.8, 4) is 5.75 Å². The molecule has 0 saturated heterocycles. The second kappa shape index (κ2) is 6.99.